The predicted octanol–water partition coefficient (Wildman–Crippen LogP) is 5.82. The van der Waals surface area contributed by atoms with Crippen molar-refractivity contribution in [3.63, 3.8) is 0 Å². The Balaban J connectivity index is 1.54. The van der Waals surface area contributed by atoms with E-state index in [-0.39, 0.29) is 12.1 Å². The summed E-state index contributed by atoms with van der Waals surface area (Å²) >= 11 is 1.90. The lowest BCUT2D eigenvalue weighted by atomic mass is 9.88. The number of anilines is 1. The second-order valence-electron chi connectivity index (χ2n) is 8.30. The molecule has 3 aromatic rings. The van der Waals surface area contributed by atoms with Crippen LogP contribution in [-0.2, 0) is 19.3 Å². The summed E-state index contributed by atoms with van der Waals surface area (Å²) in [6, 6.07) is 15.3. The Labute approximate surface area is 193 Å². The average molecular weight is 449 g/mol. The Morgan fingerprint density at radius 3 is 2.53 bits per heavy atom. The van der Waals surface area contributed by atoms with Gasteiger partial charge in [0.2, 0.25) is 0 Å². The van der Waals surface area contributed by atoms with Crippen molar-refractivity contribution < 1.29 is 14.3 Å². The van der Waals surface area contributed by atoms with Gasteiger partial charge in [0.05, 0.1) is 20.3 Å². The van der Waals surface area contributed by atoms with Crippen LogP contribution in [0.3, 0.4) is 0 Å². The Morgan fingerprint density at radius 1 is 0.969 bits per heavy atom. The lowest BCUT2D eigenvalue weighted by Crippen LogP contribution is -2.42. The highest BCUT2D eigenvalue weighted by molar-refractivity contribution is 7.12. The normalized spacial score (nSPS) is 17.3. The van der Waals surface area contributed by atoms with Gasteiger partial charge in [-0.2, -0.15) is 0 Å². The van der Waals surface area contributed by atoms with E-state index in [0.717, 1.165) is 42.0 Å². The van der Waals surface area contributed by atoms with Crippen LogP contribution in [0.15, 0.2) is 48.5 Å². The first-order valence-corrected chi connectivity index (χ1v) is 12.0. The zero-order chi connectivity index (χ0) is 22.1. The predicted molar refractivity (Wildman–Crippen MR) is 128 cm³/mol. The van der Waals surface area contributed by atoms with E-state index in [2.05, 4.69) is 11.4 Å². The Hall–Kier alpha value is -2.99. The summed E-state index contributed by atoms with van der Waals surface area (Å²) in [5.74, 6) is 1.58. The van der Waals surface area contributed by atoms with Gasteiger partial charge < -0.3 is 19.7 Å². The number of thiophene rings is 1. The molecular weight excluding hydrogens is 420 g/mol. The molecular formula is C26H28N2O3S. The number of aryl methyl sites for hydroxylation is 1. The van der Waals surface area contributed by atoms with Crippen LogP contribution >= 0.6 is 11.3 Å². The molecule has 0 unspecified atom stereocenters. The van der Waals surface area contributed by atoms with Crippen molar-refractivity contribution in [3.05, 3.63) is 75.0 Å². The zero-order valence-electron chi connectivity index (χ0n) is 18.5. The van der Waals surface area contributed by atoms with E-state index in [1.807, 2.05) is 58.7 Å². The molecule has 1 aromatic heterocycles. The first-order chi connectivity index (χ1) is 15.7. The summed E-state index contributed by atoms with van der Waals surface area (Å²) < 4.78 is 11.0. The van der Waals surface area contributed by atoms with Gasteiger partial charge in [-0.05, 0) is 73.6 Å². The van der Waals surface area contributed by atoms with Crippen molar-refractivity contribution in [2.45, 2.75) is 38.1 Å². The number of methoxy groups -OCH3 is 2. The van der Waals surface area contributed by atoms with Crippen LogP contribution in [0, 0.1) is 0 Å². The quantitative estimate of drug-likeness (QED) is 0.547. The van der Waals surface area contributed by atoms with Crippen LogP contribution < -0.4 is 14.8 Å². The number of amides is 2. The van der Waals surface area contributed by atoms with Gasteiger partial charge in [0, 0.05) is 27.5 Å². The number of hydrogen-bond acceptors (Lipinski definition) is 4. The van der Waals surface area contributed by atoms with E-state index in [9.17, 15) is 4.79 Å². The second-order valence-corrected chi connectivity index (χ2v) is 9.44. The fourth-order valence-electron chi connectivity index (χ4n) is 4.94. The van der Waals surface area contributed by atoms with Crippen LogP contribution in [0.4, 0.5) is 10.5 Å². The number of carbonyl (C=O) groups is 1. The maximum Gasteiger partial charge on any atom is 0.322 e. The highest BCUT2D eigenvalue weighted by Crippen LogP contribution is 2.46. The smallest absolute Gasteiger partial charge is 0.322 e. The van der Waals surface area contributed by atoms with Crippen LogP contribution in [0.1, 0.15) is 45.3 Å². The highest BCUT2D eigenvalue weighted by atomic mass is 32.1. The molecule has 1 aliphatic carbocycles. The van der Waals surface area contributed by atoms with Gasteiger partial charge in [-0.1, -0.05) is 18.2 Å². The molecule has 32 heavy (non-hydrogen) atoms. The first-order valence-electron chi connectivity index (χ1n) is 11.2. The molecule has 2 aromatic carbocycles. The minimum Gasteiger partial charge on any atom is -0.497 e. The maximum absolute atomic E-state index is 13.5. The number of carbonyl (C=O) groups excluding carboxylic acids is 1. The van der Waals surface area contributed by atoms with E-state index >= 15 is 0 Å². The number of para-hydroxylation sites is 1. The van der Waals surface area contributed by atoms with E-state index in [4.69, 9.17) is 9.47 Å². The molecule has 5 nitrogen and oxygen atoms in total. The van der Waals surface area contributed by atoms with E-state index in [1.54, 1.807) is 19.8 Å². The summed E-state index contributed by atoms with van der Waals surface area (Å²) in [6.45, 7) is 0.681. The Kier molecular flexibility index (Phi) is 5.79. The monoisotopic (exact) mass is 448 g/mol. The third-order valence-corrected chi connectivity index (χ3v) is 7.90. The lowest BCUT2D eigenvalue weighted by molar-refractivity contribution is 0.194. The molecule has 0 bridgehead atoms. The molecule has 1 atom stereocenters. The van der Waals surface area contributed by atoms with Gasteiger partial charge in [-0.3, -0.25) is 0 Å². The Morgan fingerprint density at radius 2 is 1.75 bits per heavy atom. The number of hydrogen-bond donors (Lipinski definition) is 1. The van der Waals surface area contributed by atoms with E-state index in [0.29, 0.717) is 6.54 Å². The molecule has 1 aliphatic heterocycles. The van der Waals surface area contributed by atoms with E-state index < -0.39 is 0 Å². The van der Waals surface area contributed by atoms with Gasteiger partial charge in [0.25, 0.3) is 0 Å². The van der Waals surface area contributed by atoms with Gasteiger partial charge >= 0.3 is 6.03 Å². The van der Waals surface area contributed by atoms with Crippen molar-refractivity contribution in [3.8, 4) is 11.5 Å². The summed E-state index contributed by atoms with van der Waals surface area (Å²) in [6.07, 6.45) is 5.74. The van der Waals surface area contributed by atoms with Gasteiger partial charge in [-0.15, -0.1) is 11.3 Å². The van der Waals surface area contributed by atoms with Gasteiger partial charge in [-0.25, -0.2) is 4.79 Å². The molecule has 0 saturated carbocycles. The number of fused-ring (bicyclic) bond motifs is 3. The first kappa shape index (κ1) is 20.9. The molecule has 0 spiro atoms. The number of nitrogens with one attached hydrogen (secondary N) is 1. The molecule has 0 radical (unpaired) electrons. The summed E-state index contributed by atoms with van der Waals surface area (Å²) in [4.78, 5) is 18.3. The van der Waals surface area contributed by atoms with Crippen LogP contribution in [-0.4, -0.2) is 31.7 Å². The highest BCUT2D eigenvalue weighted by Gasteiger charge is 2.37. The number of benzene rings is 2. The van der Waals surface area contributed by atoms with Crippen molar-refractivity contribution in [1.82, 2.24) is 4.90 Å². The summed E-state index contributed by atoms with van der Waals surface area (Å²) in [7, 11) is 3.33. The number of urea groups is 1. The largest absolute Gasteiger partial charge is 0.497 e. The third kappa shape index (κ3) is 3.73. The molecule has 166 valence electrons. The topological polar surface area (TPSA) is 50.8 Å². The molecule has 1 N–H and O–H groups in total. The molecule has 5 rings (SSSR count). The molecule has 0 saturated heterocycles. The lowest BCUT2D eigenvalue weighted by Gasteiger charge is -2.37. The minimum atomic E-state index is -0.149. The second kappa shape index (κ2) is 8.87. The molecule has 2 heterocycles. The van der Waals surface area contributed by atoms with Gasteiger partial charge in [0.1, 0.15) is 11.5 Å². The van der Waals surface area contributed by atoms with Gasteiger partial charge in [0.15, 0.2) is 0 Å². The number of nitrogens with zero attached hydrogens (tertiary/aromatic N) is 1. The average Bonchev–Trinajstić information content (AvgIpc) is 3.22. The SMILES string of the molecule is COc1ccc(NC(=O)N2CCc3c(sc4c3CCCC4)[C@@H]2c2ccccc2OC)cc1. The molecule has 2 amide bonds. The van der Waals surface area contributed by atoms with Crippen molar-refractivity contribution >= 4 is 23.1 Å². The fourth-order valence-corrected chi connectivity index (χ4v) is 6.51. The maximum atomic E-state index is 13.5. The van der Waals surface area contributed by atoms with Crippen LogP contribution in [0.25, 0.3) is 0 Å². The van der Waals surface area contributed by atoms with E-state index in [1.165, 1.54) is 28.2 Å². The Bertz CT molecular complexity index is 1120. The number of ether oxygens (including phenoxy) is 2. The fraction of sp³-hybridized carbons (Fsp3) is 0.346. The minimum absolute atomic E-state index is 0.0944. The van der Waals surface area contributed by atoms with Crippen molar-refractivity contribution in [2.75, 3.05) is 26.1 Å². The number of rotatable bonds is 4. The van der Waals surface area contributed by atoms with Crippen molar-refractivity contribution in [2.24, 2.45) is 0 Å². The van der Waals surface area contributed by atoms with Crippen molar-refractivity contribution in [1.29, 1.82) is 0 Å². The van der Waals surface area contributed by atoms with Crippen LogP contribution in [0.5, 0.6) is 11.5 Å². The summed E-state index contributed by atoms with van der Waals surface area (Å²) in [5, 5.41) is 3.09. The molecule has 2 aliphatic rings. The third-order valence-electron chi connectivity index (χ3n) is 6.51. The molecule has 6 heteroatoms. The molecule has 0 fully saturated rings. The van der Waals surface area contributed by atoms with Crippen LogP contribution in [0.2, 0.25) is 0 Å². The summed E-state index contributed by atoms with van der Waals surface area (Å²) in [5.41, 5.74) is 4.81. The zero-order valence-corrected chi connectivity index (χ0v) is 19.3. The standard InChI is InChI=1S/C26H28N2O3S/c1-30-18-13-11-17(12-14-18)27-26(29)28-16-15-20-19-7-4-6-10-23(19)32-25(20)24(28)21-8-3-5-9-22(21)31-2/h3,5,8-9,11-14,24H,4,6-7,10,15-16H2,1-2H3,(H,27,29)/t24-/m0/s1.